The van der Waals surface area contributed by atoms with Gasteiger partial charge < -0.3 is 10.1 Å². The van der Waals surface area contributed by atoms with Crippen molar-refractivity contribution in [1.82, 2.24) is 19.7 Å². The fourth-order valence-corrected chi connectivity index (χ4v) is 4.23. The Hall–Kier alpha value is -5.03. The summed E-state index contributed by atoms with van der Waals surface area (Å²) in [4.78, 5) is 22.6. The summed E-state index contributed by atoms with van der Waals surface area (Å²) < 4.78 is 7.01. The van der Waals surface area contributed by atoms with Crippen molar-refractivity contribution in [1.29, 1.82) is 5.26 Å². The van der Waals surface area contributed by atoms with Gasteiger partial charge in [0, 0.05) is 23.2 Å². The lowest BCUT2D eigenvalue weighted by Crippen LogP contribution is -2.14. The van der Waals surface area contributed by atoms with E-state index in [0.29, 0.717) is 40.4 Å². The maximum atomic E-state index is 13.6. The molecule has 8 nitrogen and oxygen atoms in total. The molecule has 0 unspecified atom stereocenters. The predicted molar refractivity (Wildman–Crippen MR) is 141 cm³/mol. The molecule has 5 rings (SSSR count). The molecule has 3 heterocycles. The average molecular weight is 489 g/mol. The van der Waals surface area contributed by atoms with Gasteiger partial charge in [0.15, 0.2) is 0 Å². The lowest BCUT2D eigenvalue weighted by Gasteiger charge is -2.11. The molecule has 0 radical (unpaired) electrons. The van der Waals surface area contributed by atoms with Crippen molar-refractivity contribution < 1.29 is 9.53 Å². The van der Waals surface area contributed by atoms with Gasteiger partial charge >= 0.3 is 0 Å². The van der Waals surface area contributed by atoms with Crippen molar-refractivity contribution in [2.24, 2.45) is 0 Å². The number of aromatic nitrogens is 4. The number of hydrogen-bond donors (Lipinski definition) is 1. The summed E-state index contributed by atoms with van der Waals surface area (Å²) in [6, 6.07) is 22.5. The Labute approximate surface area is 214 Å². The monoisotopic (exact) mass is 488 g/mol. The molecular formula is C29H24N6O2. The third kappa shape index (κ3) is 4.75. The van der Waals surface area contributed by atoms with Crippen molar-refractivity contribution >= 4 is 22.5 Å². The number of nitrogens with zero attached hydrogens (tertiary/aromatic N) is 5. The van der Waals surface area contributed by atoms with E-state index in [4.69, 9.17) is 15.0 Å². The Kier molecular flexibility index (Phi) is 6.35. The summed E-state index contributed by atoms with van der Waals surface area (Å²) in [7, 11) is 1.56. The van der Waals surface area contributed by atoms with Crippen molar-refractivity contribution in [3.63, 3.8) is 0 Å². The lowest BCUT2D eigenvalue weighted by molar-refractivity contribution is 0.102. The lowest BCUT2D eigenvalue weighted by atomic mass is 10.0. The molecule has 3 aromatic heterocycles. The van der Waals surface area contributed by atoms with Crippen LogP contribution in [0.5, 0.6) is 5.88 Å². The molecule has 0 saturated carbocycles. The fourth-order valence-electron chi connectivity index (χ4n) is 4.23. The number of nitriles is 1. The third-order valence-corrected chi connectivity index (χ3v) is 6.24. The first-order chi connectivity index (χ1) is 18.0. The van der Waals surface area contributed by atoms with Crippen LogP contribution in [0.2, 0.25) is 0 Å². The third-order valence-electron chi connectivity index (χ3n) is 6.24. The van der Waals surface area contributed by atoms with Crippen molar-refractivity contribution in [3.8, 4) is 23.2 Å². The van der Waals surface area contributed by atoms with Crippen molar-refractivity contribution in [2.75, 3.05) is 12.4 Å². The molecule has 0 aliphatic rings. The van der Waals surface area contributed by atoms with E-state index in [9.17, 15) is 4.79 Å². The molecule has 8 heteroatoms. The highest BCUT2D eigenvalue weighted by Crippen LogP contribution is 2.27. The zero-order valence-corrected chi connectivity index (χ0v) is 20.7. The van der Waals surface area contributed by atoms with Crippen molar-refractivity contribution in [2.45, 2.75) is 20.4 Å². The van der Waals surface area contributed by atoms with Crippen LogP contribution in [-0.2, 0) is 6.54 Å². The van der Waals surface area contributed by atoms with E-state index in [0.717, 1.165) is 27.9 Å². The van der Waals surface area contributed by atoms with Crippen LogP contribution >= 0.6 is 0 Å². The first-order valence-electron chi connectivity index (χ1n) is 11.7. The summed E-state index contributed by atoms with van der Waals surface area (Å²) in [6.45, 7) is 4.33. The topological polar surface area (TPSA) is 106 Å². The number of hydrogen-bond acceptors (Lipinski definition) is 6. The van der Waals surface area contributed by atoms with Crippen LogP contribution in [0.15, 0.2) is 72.9 Å². The second kappa shape index (κ2) is 9.91. The van der Waals surface area contributed by atoms with E-state index < -0.39 is 0 Å². The summed E-state index contributed by atoms with van der Waals surface area (Å²) in [5, 5.41) is 17.5. The van der Waals surface area contributed by atoms with Crippen LogP contribution in [-0.4, -0.2) is 32.8 Å². The number of nitrogens with one attached hydrogen (secondary N) is 1. The predicted octanol–water partition coefficient (Wildman–Crippen LogP) is 5.29. The Morgan fingerprint density at radius 2 is 1.86 bits per heavy atom. The van der Waals surface area contributed by atoms with Gasteiger partial charge in [-0.1, -0.05) is 30.3 Å². The van der Waals surface area contributed by atoms with Gasteiger partial charge in [0.05, 0.1) is 59.1 Å². The number of pyridine rings is 2. The van der Waals surface area contributed by atoms with Crippen LogP contribution in [0.1, 0.15) is 32.9 Å². The van der Waals surface area contributed by atoms with Crippen LogP contribution in [0.4, 0.5) is 5.69 Å². The minimum atomic E-state index is -0.245. The van der Waals surface area contributed by atoms with E-state index in [2.05, 4.69) is 21.5 Å². The van der Waals surface area contributed by atoms with Gasteiger partial charge in [-0.15, -0.1) is 0 Å². The maximum Gasteiger partial charge on any atom is 0.256 e. The zero-order chi connectivity index (χ0) is 25.9. The highest BCUT2D eigenvalue weighted by atomic mass is 16.5. The molecule has 0 atom stereocenters. The number of ether oxygens (including phenoxy) is 1. The summed E-state index contributed by atoms with van der Waals surface area (Å²) in [5.41, 5.74) is 6.51. The van der Waals surface area contributed by atoms with Crippen molar-refractivity contribution in [3.05, 3.63) is 101 Å². The fraction of sp³-hybridized carbons (Fsp3) is 0.138. The minimum Gasteiger partial charge on any atom is -0.481 e. The molecule has 1 amide bonds. The van der Waals surface area contributed by atoms with Crippen LogP contribution in [0.25, 0.3) is 22.2 Å². The number of anilines is 1. The van der Waals surface area contributed by atoms with E-state index >= 15 is 0 Å². The second-order valence-corrected chi connectivity index (χ2v) is 8.63. The van der Waals surface area contributed by atoms with Gasteiger partial charge in [-0.05, 0) is 49.7 Å². The van der Waals surface area contributed by atoms with Gasteiger partial charge in [0.2, 0.25) is 5.88 Å². The molecular weight excluding hydrogens is 464 g/mol. The van der Waals surface area contributed by atoms with Gasteiger partial charge in [0.25, 0.3) is 5.91 Å². The number of aryl methyl sites for hydroxylation is 1. The number of para-hydroxylation sites is 1. The zero-order valence-electron chi connectivity index (χ0n) is 20.7. The number of methoxy groups -OCH3 is 1. The maximum absolute atomic E-state index is 13.6. The molecule has 37 heavy (non-hydrogen) atoms. The van der Waals surface area contributed by atoms with Gasteiger partial charge in [-0.2, -0.15) is 10.4 Å². The molecule has 0 spiro atoms. The van der Waals surface area contributed by atoms with E-state index in [1.165, 1.54) is 0 Å². The molecule has 0 bridgehead atoms. The average Bonchev–Trinajstić information content (AvgIpc) is 3.20. The number of carbonyl (C=O) groups is 1. The summed E-state index contributed by atoms with van der Waals surface area (Å²) in [6.07, 6.45) is 1.68. The van der Waals surface area contributed by atoms with Gasteiger partial charge in [0.1, 0.15) is 0 Å². The number of carbonyl (C=O) groups excluding carboxylic acids is 1. The first kappa shape index (κ1) is 23.7. The van der Waals surface area contributed by atoms with Crippen LogP contribution in [0.3, 0.4) is 0 Å². The molecule has 182 valence electrons. The van der Waals surface area contributed by atoms with Crippen LogP contribution in [0, 0.1) is 25.2 Å². The Balaban J connectivity index is 1.47. The molecule has 0 aliphatic carbocycles. The number of fused-ring (bicyclic) bond motifs is 1. The molecule has 0 fully saturated rings. The minimum absolute atomic E-state index is 0.245. The number of benzene rings is 2. The summed E-state index contributed by atoms with van der Waals surface area (Å²) in [5.74, 6) is 0.261. The Morgan fingerprint density at radius 3 is 2.57 bits per heavy atom. The second-order valence-electron chi connectivity index (χ2n) is 8.63. The van der Waals surface area contributed by atoms with E-state index in [1.54, 1.807) is 37.6 Å². The smallest absolute Gasteiger partial charge is 0.256 e. The quantitative estimate of drug-likeness (QED) is 0.348. The molecule has 2 aromatic carbocycles. The van der Waals surface area contributed by atoms with Gasteiger partial charge in [-0.25, -0.2) is 9.97 Å². The normalized spacial score (nSPS) is 10.8. The van der Waals surface area contributed by atoms with Crippen LogP contribution < -0.4 is 10.1 Å². The molecule has 5 aromatic rings. The molecule has 0 saturated heterocycles. The number of amides is 1. The molecule has 0 aliphatic heterocycles. The SMILES string of the molecule is COc1ccc(-c2cc(C(=O)Nc3c(C)nn(Cc4ccc(C#N)cc4)c3C)c3ccccc3n2)cn1. The largest absolute Gasteiger partial charge is 0.481 e. The standard InChI is InChI=1S/C29H24N6O2/c1-18-28(19(2)35(34-18)17-21-10-8-20(15-30)9-11-21)33-29(36)24-14-26(22-12-13-27(37-3)31-16-22)32-25-7-5-4-6-23(24)25/h4-14,16H,17H2,1-3H3,(H,33,36). The van der Waals surface area contributed by atoms with Gasteiger partial charge in [-0.3, -0.25) is 9.48 Å². The van der Waals surface area contributed by atoms with E-state index in [1.807, 2.05) is 61.0 Å². The summed E-state index contributed by atoms with van der Waals surface area (Å²) >= 11 is 0. The van der Waals surface area contributed by atoms with E-state index in [-0.39, 0.29) is 5.91 Å². The molecule has 1 N–H and O–H groups in total. The first-order valence-corrected chi connectivity index (χ1v) is 11.7. The Morgan fingerprint density at radius 1 is 1.08 bits per heavy atom. The highest BCUT2D eigenvalue weighted by molar-refractivity contribution is 6.13. The Bertz CT molecular complexity index is 1650. The number of rotatable bonds is 6. The highest BCUT2D eigenvalue weighted by Gasteiger charge is 2.19.